The molecule has 0 saturated heterocycles. The van der Waals surface area contributed by atoms with Crippen molar-refractivity contribution in [3.63, 3.8) is 0 Å². The number of benzene rings is 2. The Labute approximate surface area is 126 Å². The van der Waals surface area contributed by atoms with Crippen LogP contribution in [0.5, 0.6) is 0 Å². The molecule has 2 heteroatoms. The minimum Gasteiger partial charge on any atom is -0.398 e. The fourth-order valence-electron chi connectivity index (χ4n) is 3.17. The number of aryl methyl sites for hydroxylation is 1. The fraction of sp³-hybridized carbons (Fsp3) is 0.263. The third-order valence-electron chi connectivity index (χ3n) is 3.97. The third kappa shape index (κ3) is 2.26. The predicted molar refractivity (Wildman–Crippen MR) is 95.3 cm³/mol. The molecule has 2 nitrogen and oxygen atoms in total. The Morgan fingerprint density at radius 3 is 2.14 bits per heavy atom. The van der Waals surface area contributed by atoms with E-state index in [0.717, 1.165) is 49.2 Å². The van der Waals surface area contributed by atoms with Crippen molar-refractivity contribution in [3.8, 4) is 0 Å². The van der Waals surface area contributed by atoms with E-state index in [1.807, 2.05) is 32.9 Å². The molecule has 0 aliphatic rings. The zero-order valence-electron chi connectivity index (χ0n) is 13.4. The molecule has 21 heavy (non-hydrogen) atoms. The summed E-state index contributed by atoms with van der Waals surface area (Å²) < 4.78 is 0. The van der Waals surface area contributed by atoms with Crippen molar-refractivity contribution in [1.82, 2.24) is 0 Å². The highest BCUT2D eigenvalue weighted by atomic mass is 14.7. The topological polar surface area (TPSA) is 52.0 Å². The quantitative estimate of drug-likeness (QED) is 0.831. The SMILES string of the molecule is C=C(C)c1c(C(C)(C)N)c(=C)c2c(C)ccc(N)c2c1=C. The summed E-state index contributed by atoms with van der Waals surface area (Å²) in [5.41, 5.74) is 16.8. The normalized spacial score (nSPS) is 11.9. The van der Waals surface area contributed by atoms with Crippen LogP contribution in [0.15, 0.2) is 18.7 Å². The lowest BCUT2D eigenvalue weighted by molar-refractivity contribution is 0.550. The number of hydrogen-bond donors (Lipinski definition) is 2. The van der Waals surface area contributed by atoms with Crippen molar-refractivity contribution in [3.05, 3.63) is 45.8 Å². The van der Waals surface area contributed by atoms with E-state index >= 15 is 0 Å². The van der Waals surface area contributed by atoms with Gasteiger partial charge in [0.1, 0.15) is 0 Å². The largest absolute Gasteiger partial charge is 0.398 e. The van der Waals surface area contributed by atoms with Gasteiger partial charge in [-0.3, -0.25) is 0 Å². The van der Waals surface area contributed by atoms with E-state index < -0.39 is 5.54 Å². The average Bonchev–Trinajstić information content (AvgIpc) is 2.34. The Morgan fingerprint density at radius 2 is 1.67 bits per heavy atom. The van der Waals surface area contributed by atoms with E-state index in [1.54, 1.807) is 0 Å². The molecule has 0 unspecified atom stereocenters. The summed E-state index contributed by atoms with van der Waals surface area (Å²) in [5, 5.41) is 3.83. The highest BCUT2D eigenvalue weighted by Gasteiger charge is 2.23. The number of nitrogen functional groups attached to an aromatic ring is 1. The average molecular weight is 280 g/mol. The molecule has 2 aromatic carbocycles. The Morgan fingerprint density at radius 1 is 1.10 bits per heavy atom. The molecule has 0 aliphatic carbocycles. The standard InChI is InChI=1S/C19H24N2/c1-10(2)15-12(4)17-14(20)9-8-11(3)16(17)13(5)18(15)19(6,7)21/h8-9H,1,4-5,20-21H2,2-3,6-7H3. The summed E-state index contributed by atoms with van der Waals surface area (Å²) in [6.07, 6.45) is 0. The third-order valence-corrected chi connectivity index (χ3v) is 3.97. The second-order valence-electron chi connectivity index (χ2n) is 6.43. The number of anilines is 1. The first-order valence-corrected chi connectivity index (χ1v) is 7.05. The monoisotopic (exact) mass is 280 g/mol. The van der Waals surface area contributed by atoms with Gasteiger partial charge >= 0.3 is 0 Å². The Bertz CT molecular complexity index is 852. The smallest absolute Gasteiger partial charge is 0.0400 e. The van der Waals surface area contributed by atoms with Crippen LogP contribution in [0.25, 0.3) is 29.5 Å². The Kier molecular flexibility index (Phi) is 3.46. The second kappa shape index (κ2) is 4.74. The predicted octanol–water partition coefficient (Wildman–Crippen LogP) is 2.78. The Balaban J connectivity index is 3.27. The molecule has 2 rings (SSSR count). The van der Waals surface area contributed by atoms with Crippen LogP contribution in [0.3, 0.4) is 0 Å². The summed E-state index contributed by atoms with van der Waals surface area (Å²) in [5.74, 6) is 0. The lowest BCUT2D eigenvalue weighted by atomic mass is 9.82. The van der Waals surface area contributed by atoms with Crippen molar-refractivity contribution in [2.24, 2.45) is 5.73 Å². The van der Waals surface area contributed by atoms with Crippen molar-refractivity contribution in [1.29, 1.82) is 0 Å². The summed E-state index contributed by atoms with van der Waals surface area (Å²) in [7, 11) is 0. The van der Waals surface area contributed by atoms with Gasteiger partial charge in [0.25, 0.3) is 0 Å². The van der Waals surface area contributed by atoms with Crippen LogP contribution < -0.4 is 21.9 Å². The molecule has 0 aliphatic heterocycles. The summed E-state index contributed by atoms with van der Waals surface area (Å²) in [6.45, 7) is 20.6. The van der Waals surface area contributed by atoms with Crippen LogP contribution in [0, 0.1) is 6.92 Å². The van der Waals surface area contributed by atoms with Gasteiger partial charge in [-0.05, 0) is 66.3 Å². The van der Waals surface area contributed by atoms with Gasteiger partial charge in [-0.2, -0.15) is 0 Å². The van der Waals surface area contributed by atoms with Crippen LogP contribution in [-0.4, -0.2) is 0 Å². The van der Waals surface area contributed by atoms with Gasteiger partial charge in [0, 0.05) is 16.6 Å². The molecule has 0 amide bonds. The molecule has 0 bridgehead atoms. The van der Waals surface area contributed by atoms with E-state index in [2.05, 4.69) is 26.7 Å². The zero-order chi connectivity index (χ0) is 16.1. The lowest BCUT2D eigenvalue weighted by Crippen LogP contribution is -2.38. The van der Waals surface area contributed by atoms with Crippen LogP contribution in [0.4, 0.5) is 5.69 Å². The molecule has 2 aromatic rings. The van der Waals surface area contributed by atoms with Gasteiger partial charge in [0.2, 0.25) is 0 Å². The lowest BCUT2D eigenvalue weighted by Gasteiger charge is -2.26. The number of nitrogens with two attached hydrogens (primary N) is 2. The van der Waals surface area contributed by atoms with E-state index in [1.165, 1.54) is 0 Å². The summed E-state index contributed by atoms with van der Waals surface area (Å²) in [6, 6.07) is 3.93. The highest BCUT2D eigenvalue weighted by Crippen LogP contribution is 2.27. The number of hydrogen-bond acceptors (Lipinski definition) is 2. The first-order valence-electron chi connectivity index (χ1n) is 7.05. The molecule has 0 heterocycles. The summed E-state index contributed by atoms with van der Waals surface area (Å²) in [4.78, 5) is 0. The minimum atomic E-state index is -0.525. The van der Waals surface area contributed by atoms with Crippen LogP contribution in [-0.2, 0) is 5.54 Å². The van der Waals surface area contributed by atoms with E-state index in [-0.39, 0.29) is 0 Å². The maximum Gasteiger partial charge on any atom is 0.0400 e. The van der Waals surface area contributed by atoms with Gasteiger partial charge in [0.05, 0.1) is 0 Å². The van der Waals surface area contributed by atoms with Gasteiger partial charge in [-0.15, -0.1) is 0 Å². The number of allylic oxidation sites excluding steroid dienone is 1. The summed E-state index contributed by atoms with van der Waals surface area (Å²) >= 11 is 0. The number of fused-ring (bicyclic) bond motifs is 1. The van der Waals surface area contributed by atoms with Gasteiger partial charge < -0.3 is 11.5 Å². The van der Waals surface area contributed by atoms with E-state index in [4.69, 9.17) is 11.5 Å². The van der Waals surface area contributed by atoms with Crippen molar-refractivity contribution < 1.29 is 0 Å². The zero-order valence-corrected chi connectivity index (χ0v) is 13.4. The molecular formula is C19H24N2. The van der Waals surface area contributed by atoms with Gasteiger partial charge in [0.15, 0.2) is 0 Å². The van der Waals surface area contributed by atoms with Crippen LogP contribution in [0.2, 0.25) is 0 Å². The molecule has 0 spiro atoms. The molecule has 0 radical (unpaired) electrons. The number of rotatable bonds is 2. The van der Waals surface area contributed by atoms with Crippen LogP contribution in [0.1, 0.15) is 37.5 Å². The maximum absolute atomic E-state index is 6.40. The van der Waals surface area contributed by atoms with E-state index in [9.17, 15) is 0 Å². The molecular weight excluding hydrogens is 256 g/mol. The fourth-order valence-corrected chi connectivity index (χ4v) is 3.17. The van der Waals surface area contributed by atoms with Crippen LogP contribution >= 0.6 is 0 Å². The second-order valence-corrected chi connectivity index (χ2v) is 6.43. The Hall–Kier alpha value is -2.06. The van der Waals surface area contributed by atoms with Crippen molar-refractivity contribution in [2.75, 3.05) is 5.73 Å². The molecule has 110 valence electrons. The maximum atomic E-state index is 6.40. The van der Waals surface area contributed by atoms with Gasteiger partial charge in [-0.25, -0.2) is 0 Å². The van der Waals surface area contributed by atoms with Crippen molar-refractivity contribution in [2.45, 2.75) is 33.2 Å². The molecule has 0 saturated carbocycles. The first-order chi connectivity index (χ1) is 9.57. The molecule has 4 N–H and O–H groups in total. The van der Waals surface area contributed by atoms with Gasteiger partial charge in [-0.1, -0.05) is 31.4 Å². The molecule has 0 fully saturated rings. The molecule has 0 aromatic heterocycles. The first kappa shape index (κ1) is 15.3. The molecule has 0 atom stereocenters. The highest BCUT2D eigenvalue weighted by molar-refractivity contribution is 5.98. The van der Waals surface area contributed by atoms with E-state index in [0.29, 0.717) is 0 Å². The van der Waals surface area contributed by atoms with Crippen molar-refractivity contribution >= 4 is 35.2 Å². The minimum absolute atomic E-state index is 0.525.